The van der Waals surface area contributed by atoms with Gasteiger partial charge in [-0.2, -0.15) is 0 Å². The molecule has 0 spiro atoms. The minimum atomic E-state index is 0.569. The molecule has 2 fully saturated rings. The fraction of sp³-hybridized carbons (Fsp3) is 0.529. The quantitative estimate of drug-likeness (QED) is 0.880. The zero-order chi connectivity index (χ0) is 12.7. The van der Waals surface area contributed by atoms with Crippen molar-refractivity contribution in [2.75, 3.05) is 6.54 Å². The molecule has 2 nitrogen and oxygen atoms in total. The molecule has 2 aromatic rings. The first-order valence-electron chi connectivity index (χ1n) is 7.73. The Hall–Kier alpha value is -1.28. The average Bonchev–Trinajstić information content (AvgIpc) is 3.21. The third kappa shape index (κ3) is 2.18. The molecule has 4 rings (SSSR count). The molecule has 1 N–H and O–H groups in total. The lowest BCUT2D eigenvalue weighted by atomic mass is 10.0. The zero-order valence-corrected chi connectivity index (χ0v) is 11.4. The molecule has 2 aliphatic rings. The summed E-state index contributed by atoms with van der Waals surface area (Å²) in [4.78, 5) is 0. The molecule has 1 unspecified atom stereocenters. The highest BCUT2D eigenvalue weighted by Gasteiger charge is 2.26. The van der Waals surface area contributed by atoms with Gasteiger partial charge in [0.2, 0.25) is 0 Å². The van der Waals surface area contributed by atoms with E-state index < -0.39 is 0 Å². The number of para-hydroxylation sites is 1. The van der Waals surface area contributed by atoms with Crippen LogP contribution < -0.4 is 5.32 Å². The molecule has 0 bridgehead atoms. The molecule has 0 amide bonds. The number of hydrogen-bond acceptors (Lipinski definition) is 1. The normalized spacial score (nSPS) is 23.9. The topological polar surface area (TPSA) is 17.0 Å². The first-order valence-corrected chi connectivity index (χ1v) is 7.73. The average molecular weight is 254 g/mol. The highest BCUT2D eigenvalue weighted by Crippen LogP contribution is 2.35. The summed E-state index contributed by atoms with van der Waals surface area (Å²) < 4.78 is 2.59. The number of benzene rings is 1. The fourth-order valence-corrected chi connectivity index (χ4v) is 3.39. The van der Waals surface area contributed by atoms with Crippen molar-refractivity contribution in [1.82, 2.24) is 9.88 Å². The molecule has 1 saturated heterocycles. The molecular formula is C17H22N2. The van der Waals surface area contributed by atoms with Crippen molar-refractivity contribution in [3.8, 4) is 0 Å². The van der Waals surface area contributed by atoms with Crippen LogP contribution in [0.1, 0.15) is 43.8 Å². The molecule has 1 aliphatic heterocycles. The van der Waals surface area contributed by atoms with Gasteiger partial charge >= 0.3 is 0 Å². The molecule has 1 aromatic heterocycles. The minimum absolute atomic E-state index is 0.569. The standard InChI is InChI=1S/C17H22N2/c1-2-7-16-14(5-1)11-17(15-6-3-4-10-18-15)19(16)12-13-8-9-13/h1-2,5,7,11,13,15,18H,3-4,6,8-10,12H2. The van der Waals surface area contributed by atoms with Crippen molar-refractivity contribution in [1.29, 1.82) is 0 Å². The summed E-state index contributed by atoms with van der Waals surface area (Å²) in [6.45, 7) is 2.40. The van der Waals surface area contributed by atoms with Crippen LogP contribution in [0.5, 0.6) is 0 Å². The molecular weight excluding hydrogens is 232 g/mol. The Morgan fingerprint density at radius 2 is 2.00 bits per heavy atom. The van der Waals surface area contributed by atoms with Crippen LogP contribution in [-0.2, 0) is 6.54 Å². The van der Waals surface area contributed by atoms with Crippen molar-refractivity contribution in [2.24, 2.45) is 5.92 Å². The maximum atomic E-state index is 3.71. The van der Waals surface area contributed by atoms with Crippen LogP contribution in [0.25, 0.3) is 10.9 Å². The maximum absolute atomic E-state index is 3.71. The van der Waals surface area contributed by atoms with E-state index in [-0.39, 0.29) is 0 Å². The van der Waals surface area contributed by atoms with E-state index in [0.717, 1.165) is 5.92 Å². The van der Waals surface area contributed by atoms with Gasteiger partial charge in [-0.3, -0.25) is 0 Å². The summed E-state index contributed by atoms with van der Waals surface area (Å²) >= 11 is 0. The van der Waals surface area contributed by atoms with Crippen molar-refractivity contribution in [3.05, 3.63) is 36.0 Å². The van der Waals surface area contributed by atoms with Crippen molar-refractivity contribution < 1.29 is 0 Å². The molecule has 1 aromatic carbocycles. The number of aromatic nitrogens is 1. The van der Waals surface area contributed by atoms with Crippen molar-refractivity contribution in [3.63, 3.8) is 0 Å². The molecule has 1 atom stereocenters. The molecule has 1 aliphatic carbocycles. The largest absolute Gasteiger partial charge is 0.343 e. The zero-order valence-electron chi connectivity index (χ0n) is 11.4. The van der Waals surface area contributed by atoms with Crippen LogP contribution in [0, 0.1) is 5.92 Å². The van der Waals surface area contributed by atoms with Gasteiger partial charge in [-0.15, -0.1) is 0 Å². The van der Waals surface area contributed by atoms with Gasteiger partial charge in [0.05, 0.1) is 0 Å². The second-order valence-electron chi connectivity index (χ2n) is 6.18. The Labute approximate surface area is 114 Å². The van der Waals surface area contributed by atoms with Gasteiger partial charge in [-0.05, 0) is 55.7 Å². The lowest BCUT2D eigenvalue weighted by Crippen LogP contribution is -2.28. The molecule has 2 heteroatoms. The van der Waals surface area contributed by atoms with E-state index >= 15 is 0 Å². The van der Waals surface area contributed by atoms with E-state index in [4.69, 9.17) is 0 Å². The smallest absolute Gasteiger partial charge is 0.0483 e. The second-order valence-corrected chi connectivity index (χ2v) is 6.18. The third-order valence-corrected chi connectivity index (χ3v) is 4.65. The third-order valence-electron chi connectivity index (χ3n) is 4.65. The Morgan fingerprint density at radius 1 is 1.11 bits per heavy atom. The van der Waals surface area contributed by atoms with Crippen LogP contribution in [0.2, 0.25) is 0 Å². The Kier molecular flexibility index (Phi) is 2.84. The van der Waals surface area contributed by atoms with Crippen LogP contribution >= 0.6 is 0 Å². The number of fused-ring (bicyclic) bond motifs is 1. The highest BCUT2D eigenvalue weighted by molar-refractivity contribution is 5.81. The summed E-state index contributed by atoms with van der Waals surface area (Å²) in [5.41, 5.74) is 2.95. The number of rotatable bonds is 3. The van der Waals surface area contributed by atoms with Crippen molar-refractivity contribution in [2.45, 2.75) is 44.7 Å². The van der Waals surface area contributed by atoms with E-state index in [2.05, 4.69) is 40.2 Å². The van der Waals surface area contributed by atoms with Crippen molar-refractivity contribution >= 4 is 10.9 Å². The highest BCUT2D eigenvalue weighted by atomic mass is 15.0. The summed E-state index contributed by atoms with van der Waals surface area (Å²) in [5, 5.41) is 5.12. The minimum Gasteiger partial charge on any atom is -0.343 e. The van der Waals surface area contributed by atoms with Gasteiger partial charge in [-0.25, -0.2) is 0 Å². The monoisotopic (exact) mass is 254 g/mol. The molecule has 2 heterocycles. The number of nitrogens with zero attached hydrogens (tertiary/aromatic N) is 1. The first-order chi connectivity index (χ1) is 9.42. The van der Waals surface area contributed by atoms with Crippen LogP contribution in [0.15, 0.2) is 30.3 Å². The predicted octanol–water partition coefficient (Wildman–Crippen LogP) is 3.87. The van der Waals surface area contributed by atoms with Gasteiger partial charge in [-0.1, -0.05) is 24.6 Å². The van der Waals surface area contributed by atoms with Crippen LogP contribution in [0.4, 0.5) is 0 Å². The fourth-order valence-electron chi connectivity index (χ4n) is 3.39. The van der Waals surface area contributed by atoms with Gasteiger partial charge in [0.25, 0.3) is 0 Å². The second kappa shape index (κ2) is 4.68. The van der Waals surface area contributed by atoms with Gasteiger partial charge in [0.15, 0.2) is 0 Å². The lowest BCUT2D eigenvalue weighted by Gasteiger charge is -2.25. The van der Waals surface area contributed by atoms with E-state index in [0.29, 0.717) is 6.04 Å². The van der Waals surface area contributed by atoms with E-state index in [9.17, 15) is 0 Å². The van der Waals surface area contributed by atoms with E-state index in [1.807, 2.05) is 0 Å². The summed E-state index contributed by atoms with van der Waals surface area (Å²) in [6.07, 6.45) is 6.83. The molecule has 19 heavy (non-hydrogen) atoms. The first kappa shape index (κ1) is 11.5. The summed E-state index contributed by atoms with van der Waals surface area (Å²) in [5.74, 6) is 0.929. The summed E-state index contributed by atoms with van der Waals surface area (Å²) in [7, 11) is 0. The molecule has 100 valence electrons. The van der Waals surface area contributed by atoms with Crippen LogP contribution in [0.3, 0.4) is 0 Å². The number of nitrogens with one attached hydrogen (secondary N) is 1. The Balaban J connectivity index is 1.77. The maximum Gasteiger partial charge on any atom is 0.0483 e. The van der Waals surface area contributed by atoms with Crippen LogP contribution in [-0.4, -0.2) is 11.1 Å². The number of hydrogen-bond donors (Lipinski definition) is 1. The Bertz CT molecular complexity index is 574. The predicted molar refractivity (Wildman–Crippen MR) is 79.3 cm³/mol. The van der Waals surface area contributed by atoms with E-state index in [1.54, 1.807) is 0 Å². The SMILES string of the molecule is c1ccc2c(c1)cc(C1CCCCN1)n2CC1CC1. The summed E-state index contributed by atoms with van der Waals surface area (Å²) in [6, 6.07) is 11.8. The molecule has 0 radical (unpaired) electrons. The lowest BCUT2D eigenvalue weighted by molar-refractivity contribution is 0.392. The van der Waals surface area contributed by atoms with Gasteiger partial charge in [0, 0.05) is 23.8 Å². The van der Waals surface area contributed by atoms with E-state index in [1.165, 1.54) is 61.8 Å². The van der Waals surface area contributed by atoms with Gasteiger partial charge < -0.3 is 9.88 Å². The Morgan fingerprint density at radius 3 is 2.79 bits per heavy atom. The molecule has 1 saturated carbocycles. The number of piperidine rings is 1. The van der Waals surface area contributed by atoms with Gasteiger partial charge in [0.1, 0.15) is 0 Å².